The van der Waals surface area contributed by atoms with Crippen LogP contribution in [0.5, 0.6) is 0 Å². The molecule has 114 valence electrons. The summed E-state index contributed by atoms with van der Waals surface area (Å²) in [4.78, 5) is 33.5. The third-order valence-electron chi connectivity index (χ3n) is 3.41. The summed E-state index contributed by atoms with van der Waals surface area (Å²) in [6.45, 7) is 1.81. The first-order valence-corrected chi connectivity index (χ1v) is 7.05. The van der Waals surface area contributed by atoms with Gasteiger partial charge in [-0.3, -0.25) is 9.59 Å². The largest absolute Gasteiger partial charge is 0.481 e. The van der Waals surface area contributed by atoms with Crippen LogP contribution in [0.2, 0.25) is 0 Å². The highest BCUT2D eigenvalue weighted by molar-refractivity contribution is 5.96. The van der Waals surface area contributed by atoms with Gasteiger partial charge in [0.05, 0.1) is 0 Å². The fourth-order valence-corrected chi connectivity index (χ4v) is 2.11. The summed E-state index contributed by atoms with van der Waals surface area (Å²) in [6, 6.07) is 0.00260. The van der Waals surface area contributed by atoms with Gasteiger partial charge in [-0.1, -0.05) is 19.3 Å². The molecule has 0 aliphatic heterocycles. The molecule has 0 aromatic heterocycles. The molecule has 0 saturated heterocycles. The molecule has 7 nitrogen and oxygen atoms in total. The van der Waals surface area contributed by atoms with Gasteiger partial charge in [-0.2, -0.15) is 0 Å². The molecule has 1 fully saturated rings. The Morgan fingerprint density at radius 2 is 1.70 bits per heavy atom. The summed E-state index contributed by atoms with van der Waals surface area (Å²) >= 11 is 0. The predicted octanol–water partition coefficient (Wildman–Crippen LogP) is 0.455. The number of carboxylic acids is 1. The van der Waals surface area contributed by atoms with Crippen molar-refractivity contribution in [1.29, 1.82) is 0 Å². The number of carbonyl (C=O) groups is 3. The molecule has 1 unspecified atom stereocenters. The fraction of sp³-hybridized carbons (Fsp3) is 0.769. The lowest BCUT2D eigenvalue weighted by Crippen LogP contribution is -2.45. The van der Waals surface area contributed by atoms with E-state index in [-0.39, 0.29) is 25.2 Å². The van der Waals surface area contributed by atoms with Crippen molar-refractivity contribution in [1.82, 2.24) is 16.0 Å². The van der Waals surface area contributed by atoms with E-state index in [1.807, 2.05) is 0 Å². The summed E-state index contributed by atoms with van der Waals surface area (Å²) in [7, 11) is 0. The molecule has 3 amide bonds. The molecule has 1 rings (SSSR count). The molecule has 1 aliphatic carbocycles. The topological polar surface area (TPSA) is 108 Å². The molecular formula is C13H23N3O4. The minimum atomic E-state index is -1.16. The summed E-state index contributed by atoms with van der Waals surface area (Å²) in [5.41, 5.74) is 0. The van der Waals surface area contributed by atoms with Gasteiger partial charge in [0.2, 0.25) is 5.91 Å². The van der Waals surface area contributed by atoms with Gasteiger partial charge in [0.15, 0.2) is 0 Å². The van der Waals surface area contributed by atoms with Crippen molar-refractivity contribution in [3.05, 3.63) is 0 Å². The van der Waals surface area contributed by atoms with Crippen LogP contribution in [0.3, 0.4) is 0 Å². The highest BCUT2D eigenvalue weighted by atomic mass is 16.4. The molecular weight excluding hydrogens is 262 g/mol. The van der Waals surface area contributed by atoms with Crippen molar-refractivity contribution >= 4 is 17.9 Å². The molecule has 0 bridgehead atoms. The van der Waals surface area contributed by atoms with Gasteiger partial charge in [-0.25, -0.2) is 4.79 Å². The molecule has 4 N–H and O–H groups in total. The first-order valence-electron chi connectivity index (χ1n) is 7.05. The zero-order chi connectivity index (χ0) is 15.0. The third kappa shape index (κ3) is 5.90. The monoisotopic (exact) mass is 285 g/mol. The number of amides is 3. The Bertz CT molecular complexity index is 354. The molecule has 0 spiro atoms. The van der Waals surface area contributed by atoms with E-state index in [2.05, 4.69) is 16.0 Å². The standard InChI is InChI=1S/C13H23N3O4/c1-9(12(18)19)11(17)14-7-8-15-13(20)16-10-5-3-2-4-6-10/h9-10H,2-8H2,1H3,(H,14,17)(H,18,19)(H2,15,16,20). The van der Waals surface area contributed by atoms with Crippen LogP contribution in [-0.4, -0.2) is 42.1 Å². The van der Waals surface area contributed by atoms with Crippen LogP contribution in [0.15, 0.2) is 0 Å². The lowest BCUT2D eigenvalue weighted by molar-refractivity contribution is -0.146. The van der Waals surface area contributed by atoms with Crippen molar-refractivity contribution in [2.75, 3.05) is 13.1 Å². The van der Waals surface area contributed by atoms with Gasteiger partial charge in [-0.05, 0) is 19.8 Å². The first-order chi connectivity index (χ1) is 9.50. The van der Waals surface area contributed by atoms with Crippen LogP contribution in [-0.2, 0) is 9.59 Å². The van der Waals surface area contributed by atoms with Gasteiger partial charge in [0.1, 0.15) is 5.92 Å². The molecule has 0 aromatic carbocycles. The summed E-state index contributed by atoms with van der Waals surface area (Å²) in [5, 5.41) is 16.6. The van der Waals surface area contributed by atoms with Crippen LogP contribution in [0.4, 0.5) is 4.79 Å². The second kappa shape index (κ2) is 8.39. The quantitative estimate of drug-likeness (QED) is 0.420. The SMILES string of the molecule is CC(C(=O)O)C(=O)NCCNC(=O)NC1CCCCC1. The van der Waals surface area contributed by atoms with Gasteiger partial charge < -0.3 is 21.1 Å². The van der Waals surface area contributed by atoms with Gasteiger partial charge in [0.25, 0.3) is 0 Å². The Hall–Kier alpha value is -1.79. The zero-order valence-electron chi connectivity index (χ0n) is 11.8. The Morgan fingerprint density at radius 1 is 1.10 bits per heavy atom. The van der Waals surface area contributed by atoms with Crippen molar-refractivity contribution in [3.8, 4) is 0 Å². The molecule has 20 heavy (non-hydrogen) atoms. The number of nitrogens with one attached hydrogen (secondary N) is 3. The normalized spacial score (nSPS) is 17.1. The minimum Gasteiger partial charge on any atom is -0.481 e. The van der Waals surface area contributed by atoms with E-state index >= 15 is 0 Å². The highest BCUT2D eigenvalue weighted by Gasteiger charge is 2.19. The molecule has 0 heterocycles. The average molecular weight is 285 g/mol. The molecule has 1 atom stereocenters. The Kier molecular flexibility index (Phi) is 6.83. The molecule has 1 saturated carbocycles. The number of hydrogen-bond acceptors (Lipinski definition) is 3. The number of rotatable bonds is 6. The fourth-order valence-electron chi connectivity index (χ4n) is 2.11. The number of aliphatic carboxylic acids is 1. The van der Waals surface area contributed by atoms with Gasteiger partial charge in [-0.15, -0.1) is 0 Å². The lowest BCUT2D eigenvalue weighted by Gasteiger charge is -2.22. The maximum atomic E-state index is 11.6. The molecule has 1 aliphatic rings. The van der Waals surface area contributed by atoms with Crippen LogP contribution in [0.25, 0.3) is 0 Å². The smallest absolute Gasteiger partial charge is 0.315 e. The lowest BCUT2D eigenvalue weighted by atomic mass is 9.96. The van der Waals surface area contributed by atoms with Gasteiger partial charge >= 0.3 is 12.0 Å². The number of carbonyl (C=O) groups excluding carboxylic acids is 2. The number of carboxylic acid groups (broad SMARTS) is 1. The number of hydrogen-bond donors (Lipinski definition) is 4. The maximum Gasteiger partial charge on any atom is 0.315 e. The molecule has 7 heteroatoms. The van der Waals surface area contributed by atoms with E-state index in [9.17, 15) is 14.4 Å². The zero-order valence-corrected chi connectivity index (χ0v) is 11.8. The highest BCUT2D eigenvalue weighted by Crippen LogP contribution is 2.16. The van der Waals surface area contributed by atoms with Crippen molar-refractivity contribution in [2.24, 2.45) is 5.92 Å². The molecule has 0 aromatic rings. The van der Waals surface area contributed by atoms with E-state index in [0.717, 1.165) is 25.7 Å². The van der Waals surface area contributed by atoms with E-state index in [0.29, 0.717) is 0 Å². The van der Waals surface area contributed by atoms with Crippen LogP contribution >= 0.6 is 0 Å². The summed E-state index contributed by atoms with van der Waals surface area (Å²) < 4.78 is 0. The summed E-state index contributed by atoms with van der Waals surface area (Å²) in [5.74, 6) is -2.79. The predicted molar refractivity (Wildman–Crippen MR) is 73.2 cm³/mol. The number of urea groups is 1. The van der Waals surface area contributed by atoms with Crippen LogP contribution < -0.4 is 16.0 Å². The molecule has 0 radical (unpaired) electrons. The maximum absolute atomic E-state index is 11.6. The second-order valence-corrected chi connectivity index (χ2v) is 5.09. The third-order valence-corrected chi connectivity index (χ3v) is 3.41. The first kappa shape index (κ1) is 16.3. The minimum absolute atomic E-state index is 0.217. The van der Waals surface area contributed by atoms with Crippen LogP contribution in [0, 0.1) is 5.92 Å². The van der Waals surface area contributed by atoms with Crippen LogP contribution in [0.1, 0.15) is 39.0 Å². The summed E-state index contributed by atoms with van der Waals surface area (Å²) in [6.07, 6.45) is 5.55. The second-order valence-electron chi connectivity index (χ2n) is 5.09. The Morgan fingerprint density at radius 3 is 2.30 bits per heavy atom. The van der Waals surface area contributed by atoms with E-state index < -0.39 is 17.8 Å². The van der Waals surface area contributed by atoms with E-state index in [4.69, 9.17) is 5.11 Å². The van der Waals surface area contributed by atoms with Crippen molar-refractivity contribution in [2.45, 2.75) is 45.1 Å². The van der Waals surface area contributed by atoms with Crippen molar-refractivity contribution < 1.29 is 19.5 Å². The Labute approximate surface area is 118 Å². The average Bonchev–Trinajstić information content (AvgIpc) is 2.43. The Balaban J connectivity index is 2.09. The van der Waals surface area contributed by atoms with E-state index in [1.54, 1.807) is 0 Å². The van der Waals surface area contributed by atoms with Gasteiger partial charge in [0, 0.05) is 19.1 Å². The van der Waals surface area contributed by atoms with Crippen molar-refractivity contribution in [3.63, 3.8) is 0 Å². The van der Waals surface area contributed by atoms with E-state index in [1.165, 1.54) is 13.3 Å².